The summed E-state index contributed by atoms with van der Waals surface area (Å²) in [5.74, 6) is 4.63. The van der Waals surface area contributed by atoms with Gasteiger partial charge in [-0.3, -0.25) is 0 Å². The monoisotopic (exact) mass is 835 g/mol. The lowest BCUT2D eigenvalue weighted by molar-refractivity contribution is 0.133. The highest BCUT2D eigenvalue weighted by molar-refractivity contribution is 5.76. The van der Waals surface area contributed by atoms with Crippen molar-refractivity contribution in [3.05, 3.63) is 149 Å². The molecule has 0 fully saturated rings. The third-order valence-electron chi connectivity index (χ3n) is 13.8. The van der Waals surface area contributed by atoms with Crippen LogP contribution in [0.1, 0.15) is 67.6 Å². The summed E-state index contributed by atoms with van der Waals surface area (Å²) in [6, 6.07) is 43.7. The number of aromatic amines is 1. The molecule has 11 nitrogen and oxygen atoms in total. The zero-order chi connectivity index (χ0) is 43.5. The molecule has 11 rings (SSSR count). The molecule has 0 saturated carbocycles. The maximum absolute atomic E-state index is 9.25. The first-order valence-corrected chi connectivity index (χ1v) is 21.4. The number of hydrogen-bond acceptors (Lipinski definition) is 10. The van der Waals surface area contributed by atoms with Crippen LogP contribution in [-0.2, 0) is 10.8 Å². The molecule has 5 heterocycles. The smallest absolute Gasteiger partial charge is 0.204 e. The van der Waals surface area contributed by atoms with Crippen molar-refractivity contribution in [2.45, 2.75) is 50.6 Å². The molecule has 0 bridgehead atoms. The van der Waals surface area contributed by atoms with E-state index in [1.807, 2.05) is 66.7 Å². The van der Waals surface area contributed by atoms with Crippen LogP contribution in [0.2, 0.25) is 0 Å². The van der Waals surface area contributed by atoms with Crippen LogP contribution < -0.4 is 29.6 Å². The Kier molecular flexibility index (Phi) is 9.82. The molecule has 1 aromatic heterocycles. The van der Waals surface area contributed by atoms with Gasteiger partial charge in [0.1, 0.15) is 23.0 Å². The molecule has 4 atom stereocenters. The third-order valence-corrected chi connectivity index (χ3v) is 13.8. The average Bonchev–Trinajstić information content (AvgIpc) is 3.87. The van der Waals surface area contributed by atoms with Gasteiger partial charge in [0.05, 0.1) is 62.3 Å². The normalized spacial score (nSPS) is 20.2. The van der Waals surface area contributed by atoms with Gasteiger partial charge in [-0.15, -0.1) is 10.2 Å². The van der Waals surface area contributed by atoms with Crippen molar-refractivity contribution in [3.8, 4) is 62.7 Å². The van der Waals surface area contributed by atoms with Gasteiger partial charge in [-0.25, -0.2) is 0 Å². The summed E-state index contributed by atoms with van der Waals surface area (Å²) in [6.07, 6.45) is 0. The van der Waals surface area contributed by atoms with Gasteiger partial charge in [-0.2, -0.15) is 10.5 Å². The molecule has 0 spiro atoms. The Balaban J connectivity index is 0.000000150. The maximum Gasteiger partial charge on any atom is 0.204 e. The molecule has 0 aliphatic carbocycles. The van der Waals surface area contributed by atoms with Crippen LogP contribution in [0.3, 0.4) is 0 Å². The lowest BCUT2D eigenvalue weighted by Gasteiger charge is -2.48. The number of tetrazole rings is 1. The van der Waals surface area contributed by atoms with Crippen molar-refractivity contribution in [2.24, 2.45) is 11.8 Å². The quantitative estimate of drug-likeness (QED) is 0.154. The fourth-order valence-corrected chi connectivity index (χ4v) is 10.2. The van der Waals surface area contributed by atoms with E-state index in [4.69, 9.17) is 18.9 Å². The lowest BCUT2D eigenvalue weighted by atomic mass is 9.65. The van der Waals surface area contributed by atoms with Crippen LogP contribution in [0.5, 0.6) is 23.0 Å². The van der Waals surface area contributed by atoms with E-state index >= 15 is 0 Å². The lowest BCUT2D eigenvalue weighted by Crippen LogP contribution is -2.46. The number of nitrogens with zero attached hydrogens (tertiary/aromatic N) is 4. The van der Waals surface area contributed by atoms with Crippen molar-refractivity contribution >= 4 is 11.4 Å². The van der Waals surface area contributed by atoms with E-state index in [1.54, 1.807) is 14.2 Å². The third kappa shape index (κ3) is 6.77. The minimum Gasteiger partial charge on any atom is -0.496 e. The number of H-pyrrole nitrogens is 1. The van der Waals surface area contributed by atoms with Crippen LogP contribution in [-0.4, -0.2) is 48.1 Å². The van der Waals surface area contributed by atoms with Crippen LogP contribution in [0.15, 0.2) is 121 Å². The highest BCUT2D eigenvalue weighted by Gasteiger charge is 2.49. The first-order valence-electron chi connectivity index (χ1n) is 21.4. The topological polar surface area (TPSA) is 139 Å². The van der Waals surface area contributed by atoms with Gasteiger partial charge in [0, 0.05) is 39.6 Å². The fourth-order valence-electron chi connectivity index (χ4n) is 10.2. The summed E-state index contributed by atoms with van der Waals surface area (Å²) in [5.41, 5.74) is 12.9. The van der Waals surface area contributed by atoms with Crippen molar-refractivity contribution in [3.63, 3.8) is 0 Å². The highest BCUT2D eigenvalue weighted by Crippen LogP contribution is 2.56. The number of methoxy groups -OCH3 is 2. The van der Waals surface area contributed by atoms with Gasteiger partial charge in [0.15, 0.2) is 0 Å². The van der Waals surface area contributed by atoms with Crippen LogP contribution in [0.4, 0.5) is 11.4 Å². The Morgan fingerprint density at radius 2 is 1.10 bits per heavy atom. The summed E-state index contributed by atoms with van der Waals surface area (Å²) in [7, 11) is 3.43. The van der Waals surface area contributed by atoms with Gasteiger partial charge in [0.2, 0.25) is 5.82 Å². The van der Waals surface area contributed by atoms with E-state index in [0.717, 1.165) is 73.3 Å². The molecule has 0 amide bonds. The number of anilines is 2. The van der Waals surface area contributed by atoms with Crippen molar-refractivity contribution in [2.75, 3.05) is 38.1 Å². The Morgan fingerprint density at radius 1 is 0.603 bits per heavy atom. The minimum absolute atomic E-state index is 0.105. The van der Waals surface area contributed by atoms with Gasteiger partial charge in [-0.05, 0) is 105 Å². The second-order valence-electron chi connectivity index (χ2n) is 17.8. The summed E-state index contributed by atoms with van der Waals surface area (Å²) in [5, 5.41) is 31.3. The molecule has 0 unspecified atom stereocenters. The van der Waals surface area contributed by atoms with E-state index < -0.39 is 0 Å². The van der Waals surface area contributed by atoms with Gasteiger partial charge in [-0.1, -0.05) is 82.3 Å². The second kappa shape index (κ2) is 15.5. The predicted molar refractivity (Wildman–Crippen MR) is 244 cm³/mol. The summed E-state index contributed by atoms with van der Waals surface area (Å²) >= 11 is 0. The number of benzene rings is 6. The van der Waals surface area contributed by atoms with E-state index in [-0.39, 0.29) is 34.7 Å². The number of fused-ring (bicyclic) bond motifs is 8. The van der Waals surface area contributed by atoms with E-state index in [2.05, 4.69) is 120 Å². The number of aromatic nitrogens is 4. The van der Waals surface area contributed by atoms with Crippen molar-refractivity contribution < 1.29 is 18.9 Å². The largest absolute Gasteiger partial charge is 0.496 e. The first-order chi connectivity index (χ1) is 30.6. The molecular weight excluding hydrogens is 787 g/mol. The van der Waals surface area contributed by atoms with Crippen molar-refractivity contribution in [1.82, 2.24) is 20.6 Å². The molecule has 7 aromatic rings. The molecule has 63 heavy (non-hydrogen) atoms. The van der Waals surface area contributed by atoms with Crippen molar-refractivity contribution in [1.29, 1.82) is 5.26 Å². The second-order valence-corrected chi connectivity index (χ2v) is 17.8. The molecule has 4 aliphatic heterocycles. The Morgan fingerprint density at radius 3 is 1.60 bits per heavy atom. The Bertz CT molecular complexity index is 2870. The molecular formula is C52H49N7O4. The summed E-state index contributed by atoms with van der Waals surface area (Å²) in [6.45, 7) is 10.5. The summed E-state index contributed by atoms with van der Waals surface area (Å²) < 4.78 is 23.8. The number of nitrogens with one attached hydrogen (secondary N) is 3. The zero-order valence-corrected chi connectivity index (χ0v) is 36.2. The van der Waals surface area contributed by atoms with Gasteiger partial charge in [0.25, 0.3) is 0 Å². The van der Waals surface area contributed by atoms with Gasteiger partial charge < -0.3 is 29.6 Å². The molecule has 11 heteroatoms. The SMILES string of the molecule is COc1cccc2c1[C@H]1Nc3ccc(-c4cccc(-c5nn[nH]n5)c4)cc3C(C)(C)[C@H]1CO2.COc1cccc2c1[C@H]1Nc3ccc(-c4cccc(C#N)c4)cc3C(C)(C)[C@H]1CO2. The predicted octanol–water partition coefficient (Wildman–Crippen LogP) is 10.7. The number of nitriles is 1. The fraction of sp³-hybridized carbons (Fsp3) is 0.269. The average molecular weight is 836 g/mol. The molecule has 3 N–H and O–H groups in total. The molecule has 0 saturated heterocycles. The zero-order valence-electron chi connectivity index (χ0n) is 36.2. The number of ether oxygens (including phenoxy) is 4. The number of rotatable bonds is 5. The van der Waals surface area contributed by atoms with Crippen LogP contribution >= 0.6 is 0 Å². The van der Waals surface area contributed by atoms with E-state index in [9.17, 15) is 5.26 Å². The van der Waals surface area contributed by atoms with Crippen LogP contribution in [0.25, 0.3) is 33.6 Å². The molecule has 316 valence electrons. The molecule has 4 aliphatic rings. The highest BCUT2D eigenvalue weighted by atomic mass is 16.5. The van der Waals surface area contributed by atoms with E-state index in [0.29, 0.717) is 24.6 Å². The summed E-state index contributed by atoms with van der Waals surface area (Å²) in [4.78, 5) is 0. The Labute approximate surface area is 367 Å². The van der Waals surface area contributed by atoms with Gasteiger partial charge >= 0.3 is 0 Å². The minimum atomic E-state index is -0.106. The van der Waals surface area contributed by atoms with E-state index in [1.165, 1.54) is 11.1 Å². The first kappa shape index (κ1) is 39.8. The molecule has 0 radical (unpaired) electrons. The Hall–Kier alpha value is -7.32. The molecule has 6 aromatic carbocycles. The standard InChI is InChI=1S/C26H25N5O2.C26H24N2O2/c1-26(2)18-13-16(15-6-4-7-17(12-15)25-28-30-31-29-25)10-11-20(18)27-24-19(26)14-33-22-9-5-8-21(32-3)23(22)24;1-26(2)19-13-18(17-7-4-6-16(12-17)14-27)10-11-21(19)28-25-20(26)15-30-23-9-5-8-22(29-3)24(23)25/h4-13,19,24,27H,14H2,1-3H3,(H,28,29,30,31);4-13,20,25,28H,15H2,1-3H3/t19-,24-;20-,25-/m00/s1. The maximum atomic E-state index is 9.25. The van der Waals surface area contributed by atoms with Crippen LogP contribution in [0, 0.1) is 23.2 Å². The number of hydrogen-bond donors (Lipinski definition) is 3.